The van der Waals surface area contributed by atoms with E-state index in [0.717, 1.165) is 38.8 Å². The van der Waals surface area contributed by atoms with Crippen LogP contribution in [0.3, 0.4) is 0 Å². The van der Waals surface area contributed by atoms with Crippen molar-refractivity contribution in [1.29, 1.82) is 0 Å². The summed E-state index contributed by atoms with van der Waals surface area (Å²) in [5.41, 5.74) is 0. The van der Waals surface area contributed by atoms with E-state index in [1.807, 2.05) is 0 Å². The lowest BCUT2D eigenvalue weighted by atomic mass is 10.1. The van der Waals surface area contributed by atoms with Gasteiger partial charge in [0.15, 0.2) is 0 Å². The van der Waals surface area contributed by atoms with E-state index in [1.54, 1.807) is 0 Å². The SMILES string of the molecule is CCCCCCCCOC(=O)CCCCCCCCNCCCO. The zero-order valence-electron chi connectivity index (χ0n) is 16.0. The molecule has 0 aliphatic heterocycles. The van der Waals surface area contributed by atoms with Crippen LogP contribution in [0.15, 0.2) is 0 Å². The highest BCUT2D eigenvalue weighted by atomic mass is 16.5. The number of nitrogens with one attached hydrogen (secondary N) is 1. The summed E-state index contributed by atoms with van der Waals surface area (Å²) >= 11 is 0. The van der Waals surface area contributed by atoms with Crippen LogP contribution in [0.25, 0.3) is 0 Å². The third-order valence-corrected chi connectivity index (χ3v) is 4.26. The van der Waals surface area contributed by atoms with Crippen molar-refractivity contribution in [1.82, 2.24) is 5.32 Å². The highest BCUT2D eigenvalue weighted by Crippen LogP contribution is 2.08. The summed E-state index contributed by atoms with van der Waals surface area (Å²) in [5, 5.41) is 12.0. The molecule has 0 unspecified atom stereocenters. The summed E-state index contributed by atoms with van der Waals surface area (Å²) in [6.07, 6.45) is 15.8. The van der Waals surface area contributed by atoms with Crippen LogP contribution < -0.4 is 5.32 Å². The molecule has 4 heteroatoms. The molecule has 0 aromatic carbocycles. The first-order valence-corrected chi connectivity index (χ1v) is 10.3. The Bertz CT molecular complexity index is 259. The lowest BCUT2D eigenvalue weighted by Gasteiger charge is -2.05. The molecule has 0 heterocycles. The number of hydrogen-bond donors (Lipinski definition) is 2. The first-order valence-electron chi connectivity index (χ1n) is 10.3. The van der Waals surface area contributed by atoms with Crippen molar-refractivity contribution in [2.75, 3.05) is 26.3 Å². The predicted molar refractivity (Wildman–Crippen MR) is 101 cm³/mol. The minimum Gasteiger partial charge on any atom is -0.466 e. The second-order valence-electron chi connectivity index (χ2n) is 6.69. The van der Waals surface area contributed by atoms with E-state index in [-0.39, 0.29) is 12.6 Å². The molecule has 0 saturated carbocycles. The average molecular weight is 344 g/mol. The fourth-order valence-electron chi connectivity index (χ4n) is 2.70. The molecule has 0 fully saturated rings. The van der Waals surface area contributed by atoms with Gasteiger partial charge in [-0.25, -0.2) is 0 Å². The van der Waals surface area contributed by atoms with E-state index in [0.29, 0.717) is 13.0 Å². The molecule has 144 valence electrons. The quantitative estimate of drug-likeness (QED) is 0.266. The van der Waals surface area contributed by atoms with Gasteiger partial charge in [0.2, 0.25) is 0 Å². The Morgan fingerprint density at radius 1 is 0.792 bits per heavy atom. The number of esters is 1. The highest BCUT2D eigenvalue weighted by Gasteiger charge is 2.02. The number of unbranched alkanes of at least 4 members (excludes halogenated alkanes) is 10. The van der Waals surface area contributed by atoms with Crippen LogP contribution >= 0.6 is 0 Å². The summed E-state index contributed by atoms with van der Waals surface area (Å²) in [7, 11) is 0. The summed E-state index contributed by atoms with van der Waals surface area (Å²) in [6, 6.07) is 0. The largest absolute Gasteiger partial charge is 0.466 e. The minimum atomic E-state index is -0.0170. The van der Waals surface area contributed by atoms with Crippen LogP contribution in [0, 0.1) is 0 Å². The molecular weight excluding hydrogens is 302 g/mol. The summed E-state index contributed by atoms with van der Waals surface area (Å²) in [5.74, 6) is -0.0170. The van der Waals surface area contributed by atoms with Crippen molar-refractivity contribution in [2.24, 2.45) is 0 Å². The summed E-state index contributed by atoms with van der Waals surface area (Å²) in [4.78, 5) is 11.6. The maximum atomic E-state index is 11.6. The monoisotopic (exact) mass is 343 g/mol. The number of hydrogen-bond acceptors (Lipinski definition) is 4. The minimum absolute atomic E-state index is 0.0170. The van der Waals surface area contributed by atoms with Crippen LogP contribution in [0.1, 0.15) is 96.8 Å². The maximum absolute atomic E-state index is 11.6. The topological polar surface area (TPSA) is 58.6 Å². The third kappa shape index (κ3) is 19.4. The number of aliphatic hydroxyl groups is 1. The van der Waals surface area contributed by atoms with Gasteiger partial charge in [0.05, 0.1) is 6.61 Å². The van der Waals surface area contributed by atoms with Gasteiger partial charge in [-0.05, 0) is 38.8 Å². The van der Waals surface area contributed by atoms with Gasteiger partial charge >= 0.3 is 5.97 Å². The number of aliphatic hydroxyl groups excluding tert-OH is 1. The first-order chi connectivity index (χ1) is 11.8. The Morgan fingerprint density at radius 3 is 2.08 bits per heavy atom. The number of carbonyl (C=O) groups excluding carboxylic acids is 1. The van der Waals surface area contributed by atoms with Gasteiger partial charge in [-0.15, -0.1) is 0 Å². The van der Waals surface area contributed by atoms with Crippen LogP contribution in [0.4, 0.5) is 0 Å². The van der Waals surface area contributed by atoms with E-state index in [4.69, 9.17) is 9.84 Å². The van der Waals surface area contributed by atoms with Gasteiger partial charge in [0.25, 0.3) is 0 Å². The van der Waals surface area contributed by atoms with Crippen LogP contribution in [-0.2, 0) is 9.53 Å². The molecule has 0 aromatic rings. The fraction of sp³-hybridized carbons (Fsp3) is 0.950. The molecular formula is C20H41NO3. The lowest BCUT2D eigenvalue weighted by Crippen LogP contribution is -2.17. The second kappa shape index (κ2) is 20.4. The molecule has 0 rings (SSSR count). The van der Waals surface area contributed by atoms with Crippen LogP contribution in [0.5, 0.6) is 0 Å². The van der Waals surface area contributed by atoms with E-state index in [1.165, 1.54) is 57.8 Å². The van der Waals surface area contributed by atoms with Gasteiger partial charge in [0, 0.05) is 13.0 Å². The van der Waals surface area contributed by atoms with Crippen molar-refractivity contribution >= 4 is 5.97 Å². The van der Waals surface area contributed by atoms with Crippen LogP contribution in [-0.4, -0.2) is 37.4 Å². The van der Waals surface area contributed by atoms with Crippen molar-refractivity contribution < 1.29 is 14.6 Å². The molecule has 0 bridgehead atoms. The third-order valence-electron chi connectivity index (χ3n) is 4.26. The maximum Gasteiger partial charge on any atom is 0.305 e. The molecule has 0 atom stereocenters. The van der Waals surface area contributed by atoms with Crippen molar-refractivity contribution in [3.8, 4) is 0 Å². The van der Waals surface area contributed by atoms with E-state index in [2.05, 4.69) is 12.2 Å². The first kappa shape index (κ1) is 23.4. The molecule has 0 aliphatic rings. The normalized spacial score (nSPS) is 10.9. The van der Waals surface area contributed by atoms with Crippen LogP contribution in [0.2, 0.25) is 0 Å². The smallest absolute Gasteiger partial charge is 0.305 e. The molecule has 0 amide bonds. The fourth-order valence-corrected chi connectivity index (χ4v) is 2.70. The zero-order valence-corrected chi connectivity index (χ0v) is 16.0. The Hall–Kier alpha value is -0.610. The molecule has 24 heavy (non-hydrogen) atoms. The highest BCUT2D eigenvalue weighted by molar-refractivity contribution is 5.69. The number of carbonyl (C=O) groups is 1. The average Bonchev–Trinajstić information content (AvgIpc) is 2.59. The van der Waals surface area contributed by atoms with Gasteiger partial charge in [-0.3, -0.25) is 4.79 Å². The molecule has 0 saturated heterocycles. The molecule has 0 spiro atoms. The predicted octanol–water partition coefficient (Wildman–Crippen LogP) is 4.59. The molecule has 2 N–H and O–H groups in total. The molecule has 0 aliphatic carbocycles. The zero-order chi connectivity index (χ0) is 17.7. The number of rotatable bonds is 19. The standard InChI is InChI=1S/C20H41NO3/c1-2-3-4-5-10-13-19-24-20(23)15-11-8-6-7-9-12-16-21-17-14-18-22/h21-22H,2-19H2,1H3. The van der Waals surface area contributed by atoms with Gasteiger partial charge in [-0.1, -0.05) is 64.7 Å². The Labute approximate surface area is 149 Å². The van der Waals surface area contributed by atoms with E-state index >= 15 is 0 Å². The lowest BCUT2D eigenvalue weighted by molar-refractivity contribution is -0.143. The Morgan fingerprint density at radius 2 is 1.38 bits per heavy atom. The summed E-state index contributed by atoms with van der Waals surface area (Å²) < 4.78 is 5.28. The van der Waals surface area contributed by atoms with Gasteiger partial charge in [0.1, 0.15) is 0 Å². The Balaban J connectivity index is 3.12. The van der Waals surface area contributed by atoms with Crippen molar-refractivity contribution in [2.45, 2.75) is 96.8 Å². The Kier molecular flexibility index (Phi) is 19.9. The van der Waals surface area contributed by atoms with E-state index < -0.39 is 0 Å². The van der Waals surface area contributed by atoms with Gasteiger partial charge < -0.3 is 15.2 Å². The van der Waals surface area contributed by atoms with Crippen molar-refractivity contribution in [3.05, 3.63) is 0 Å². The van der Waals surface area contributed by atoms with Gasteiger partial charge in [-0.2, -0.15) is 0 Å². The second-order valence-corrected chi connectivity index (χ2v) is 6.69. The van der Waals surface area contributed by atoms with E-state index in [9.17, 15) is 4.79 Å². The van der Waals surface area contributed by atoms with Crippen molar-refractivity contribution in [3.63, 3.8) is 0 Å². The molecule has 4 nitrogen and oxygen atoms in total. The molecule has 0 radical (unpaired) electrons. The molecule has 0 aromatic heterocycles. The summed E-state index contributed by atoms with van der Waals surface area (Å²) in [6.45, 7) is 5.06. The number of ether oxygens (including phenoxy) is 1.